The summed E-state index contributed by atoms with van der Waals surface area (Å²) in [7, 11) is 2.13. The van der Waals surface area contributed by atoms with Crippen molar-refractivity contribution in [2.45, 2.75) is 19.3 Å². The zero-order valence-corrected chi connectivity index (χ0v) is 9.89. The Morgan fingerprint density at radius 1 is 1.50 bits per heavy atom. The van der Waals surface area contributed by atoms with Gasteiger partial charge in [0.15, 0.2) is 0 Å². The molecule has 2 heterocycles. The number of piperidine rings is 1. The van der Waals surface area contributed by atoms with Crippen LogP contribution in [0, 0.1) is 5.41 Å². The molecule has 0 bridgehead atoms. The van der Waals surface area contributed by atoms with Crippen LogP contribution >= 0.6 is 0 Å². The number of hydrogen-bond acceptors (Lipinski definition) is 3. The molecular formula is C13H20N2O. The van der Waals surface area contributed by atoms with Crippen LogP contribution < -0.4 is 0 Å². The molecule has 0 amide bonds. The predicted molar refractivity (Wildman–Crippen MR) is 64.2 cm³/mol. The molecule has 1 aliphatic rings. The first kappa shape index (κ1) is 11.6. The van der Waals surface area contributed by atoms with Gasteiger partial charge in [0.25, 0.3) is 0 Å². The largest absolute Gasteiger partial charge is 0.396 e. The summed E-state index contributed by atoms with van der Waals surface area (Å²) < 4.78 is 0. The Morgan fingerprint density at radius 2 is 2.38 bits per heavy atom. The maximum atomic E-state index is 9.67. The molecule has 0 spiro atoms. The number of aromatic nitrogens is 1. The number of rotatable bonds is 3. The van der Waals surface area contributed by atoms with Gasteiger partial charge in [-0.2, -0.15) is 0 Å². The molecule has 88 valence electrons. The third-order valence-corrected chi connectivity index (χ3v) is 3.47. The highest BCUT2D eigenvalue weighted by molar-refractivity contribution is 5.07. The Balaban J connectivity index is 2.10. The first-order valence-electron chi connectivity index (χ1n) is 5.93. The molecule has 1 unspecified atom stereocenters. The van der Waals surface area contributed by atoms with Crippen LogP contribution in [0.3, 0.4) is 0 Å². The van der Waals surface area contributed by atoms with Gasteiger partial charge in [-0.1, -0.05) is 6.07 Å². The summed E-state index contributed by atoms with van der Waals surface area (Å²) in [6, 6.07) is 5.99. The monoisotopic (exact) mass is 220 g/mol. The Kier molecular flexibility index (Phi) is 3.56. The highest BCUT2D eigenvalue weighted by Gasteiger charge is 2.34. The van der Waals surface area contributed by atoms with E-state index in [0.29, 0.717) is 0 Å². The van der Waals surface area contributed by atoms with Crippen LogP contribution in [0.15, 0.2) is 24.4 Å². The zero-order chi connectivity index (χ0) is 11.4. The van der Waals surface area contributed by atoms with Gasteiger partial charge in [-0.25, -0.2) is 0 Å². The molecule has 3 nitrogen and oxygen atoms in total. The second kappa shape index (κ2) is 4.93. The molecule has 1 aromatic rings. The number of aliphatic hydroxyl groups is 1. The predicted octanol–water partition coefficient (Wildman–Crippen LogP) is 1.33. The molecule has 16 heavy (non-hydrogen) atoms. The molecule has 1 atom stereocenters. The quantitative estimate of drug-likeness (QED) is 0.835. The lowest BCUT2D eigenvalue weighted by molar-refractivity contribution is 0.0431. The lowest BCUT2D eigenvalue weighted by atomic mass is 9.77. The molecule has 1 aliphatic heterocycles. The van der Waals surface area contributed by atoms with Gasteiger partial charge in [-0.15, -0.1) is 0 Å². The van der Waals surface area contributed by atoms with Crippen molar-refractivity contribution in [1.82, 2.24) is 9.88 Å². The average Bonchev–Trinajstić information content (AvgIpc) is 2.30. The molecular weight excluding hydrogens is 200 g/mol. The van der Waals surface area contributed by atoms with Crippen LogP contribution in [0.2, 0.25) is 0 Å². The SMILES string of the molecule is CN1CCCC(CO)(Cc2ccccn2)C1. The number of likely N-dealkylation sites (tertiary alicyclic amines) is 1. The van der Waals surface area contributed by atoms with Crippen molar-refractivity contribution in [1.29, 1.82) is 0 Å². The molecule has 3 heteroatoms. The summed E-state index contributed by atoms with van der Waals surface area (Å²) >= 11 is 0. The van der Waals surface area contributed by atoms with Crippen molar-refractivity contribution in [2.24, 2.45) is 5.41 Å². The fraction of sp³-hybridized carbons (Fsp3) is 0.615. The Hall–Kier alpha value is -0.930. The maximum absolute atomic E-state index is 9.67. The Labute approximate surface area is 97.1 Å². The molecule has 0 saturated carbocycles. The molecule has 1 N–H and O–H groups in total. The second-order valence-electron chi connectivity index (χ2n) is 5.00. The normalized spacial score (nSPS) is 26.9. The van der Waals surface area contributed by atoms with E-state index in [4.69, 9.17) is 0 Å². The van der Waals surface area contributed by atoms with E-state index in [2.05, 4.69) is 16.9 Å². The number of nitrogens with zero attached hydrogens (tertiary/aromatic N) is 2. The minimum absolute atomic E-state index is 0.0152. The standard InChI is InChI=1S/C13H20N2O/c1-15-8-4-6-13(10-15,11-16)9-12-5-2-3-7-14-12/h2-3,5,7,16H,4,6,8-11H2,1H3. The molecule has 0 aliphatic carbocycles. The fourth-order valence-corrected chi connectivity index (χ4v) is 2.67. The topological polar surface area (TPSA) is 36.4 Å². The number of pyridine rings is 1. The van der Waals surface area contributed by atoms with Crippen LogP contribution in [0.4, 0.5) is 0 Å². The smallest absolute Gasteiger partial charge is 0.0503 e. The second-order valence-corrected chi connectivity index (χ2v) is 5.00. The maximum Gasteiger partial charge on any atom is 0.0503 e. The van der Waals surface area contributed by atoms with Crippen molar-refractivity contribution in [3.8, 4) is 0 Å². The summed E-state index contributed by atoms with van der Waals surface area (Å²) in [5.74, 6) is 0. The first-order chi connectivity index (χ1) is 7.74. The third-order valence-electron chi connectivity index (χ3n) is 3.47. The summed E-state index contributed by atoms with van der Waals surface area (Å²) in [6.07, 6.45) is 4.98. The van der Waals surface area contributed by atoms with Crippen LogP contribution in [-0.4, -0.2) is 41.7 Å². The lowest BCUT2D eigenvalue weighted by Gasteiger charge is -2.40. The average molecular weight is 220 g/mol. The molecule has 1 fully saturated rings. The van der Waals surface area contributed by atoms with Gasteiger partial charge < -0.3 is 10.0 Å². The minimum Gasteiger partial charge on any atom is -0.396 e. The molecule has 0 radical (unpaired) electrons. The van der Waals surface area contributed by atoms with Gasteiger partial charge in [0.2, 0.25) is 0 Å². The minimum atomic E-state index is 0.0152. The third kappa shape index (κ3) is 2.60. The summed E-state index contributed by atoms with van der Waals surface area (Å²) in [6.45, 7) is 2.37. The van der Waals surface area contributed by atoms with Crippen molar-refractivity contribution < 1.29 is 5.11 Å². The van der Waals surface area contributed by atoms with E-state index in [0.717, 1.165) is 31.6 Å². The van der Waals surface area contributed by atoms with Gasteiger partial charge in [-0.3, -0.25) is 4.98 Å². The van der Waals surface area contributed by atoms with Crippen LogP contribution in [-0.2, 0) is 6.42 Å². The van der Waals surface area contributed by atoms with Gasteiger partial charge in [0.05, 0.1) is 6.61 Å². The summed E-state index contributed by atoms with van der Waals surface area (Å²) in [4.78, 5) is 6.67. The van der Waals surface area contributed by atoms with Crippen LogP contribution in [0.5, 0.6) is 0 Å². The highest BCUT2D eigenvalue weighted by atomic mass is 16.3. The number of hydrogen-bond donors (Lipinski definition) is 1. The van der Waals surface area contributed by atoms with Gasteiger partial charge in [0.1, 0.15) is 0 Å². The molecule has 1 aromatic heterocycles. The first-order valence-corrected chi connectivity index (χ1v) is 5.93. The van der Waals surface area contributed by atoms with Crippen molar-refractivity contribution in [3.05, 3.63) is 30.1 Å². The van der Waals surface area contributed by atoms with Crippen LogP contribution in [0.25, 0.3) is 0 Å². The fourth-order valence-electron chi connectivity index (χ4n) is 2.67. The summed E-state index contributed by atoms with van der Waals surface area (Å²) in [5, 5.41) is 9.67. The van der Waals surface area contributed by atoms with Gasteiger partial charge in [0, 0.05) is 23.9 Å². The molecule has 0 aromatic carbocycles. The van der Waals surface area contributed by atoms with Crippen molar-refractivity contribution in [2.75, 3.05) is 26.7 Å². The van der Waals surface area contributed by atoms with E-state index in [1.165, 1.54) is 6.42 Å². The van der Waals surface area contributed by atoms with E-state index in [9.17, 15) is 5.11 Å². The Morgan fingerprint density at radius 3 is 3.00 bits per heavy atom. The number of aliphatic hydroxyl groups excluding tert-OH is 1. The lowest BCUT2D eigenvalue weighted by Crippen LogP contribution is -2.45. The van der Waals surface area contributed by atoms with E-state index in [-0.39, 0.29) is 12.0 Å². The van der Waals surface area contributed by atoms with E-state index >= 15 is 0 Å². The summed E-state index contributed by atoms with van der Waals surface area (Å²) in [5.41, 5.74) is 1.10. The van der Waals surface area contributed by atoms with E-state index < -0.39 is 0 Å². The zero-order valence-electron chi connectivity index (χ0n) is 9.89. The molecule has 1 saturated heterocycles. The van der Waals surface area contributed by atoms with E-state index in [1.807, 2.05) is 24.4 Å². The van der Waals surface area contributed by atoms with Gasteiger partial charge >= 0.3 is 0 Å². The van der Waals surface area contributed by atoms with Gasteiger partial charge in [-0.05, 0) is 45.0 Å². The molecule has 2 rings (SSSR count). The van der Waals surface area contributed by atoms with Crippen molar-refractivity contribution >= 4 is 0 Å². The highest BCUT2D eigenvalue weighted by Crippen LogP contribution is 2.32. The van der Waals surface area contributed by atoms with Crippen LogP contribution in [0.1, 0.15) is 18.5 Å². The van der Waals surface area contributed by atoms with Crippen molar-refractivity contribution in [3.63, 3.8) is 0 Å². The Bertz CT molecular complexity index is 328. The van der Waals surface area contributed by atoms with E-state index in [1.54, 1.807) is 0 Å².